The first-order valence-corrected chi connectivity index (χ1v) is 9.24. The Kier molecular flexibility index (Phi) is 5.10. The molecule has 28 heavy (non-hydrogen) atoms. The molecule has 0 aliphatic heterocycles. The van der Waals surface area contributed by atoms with Crippen LogP contribution in [-0.2, 0) is 4.79 Å². The summed E-state index contributed by atoms with van der Waals surface area (Å²) in [6, 6.07) is 5.61. The molecule has 0 fully saturated rings. The van der Waals surface area contributed by atoms with Crippen LogP contribution in [0.3, 0.4) is 0 Å². The highest BCUT2D eigenvalue weighted by molar-refractivity contribution is 7.20. The van der Waals surface area contributed by atoms with Crippen LogP contribution in [0.25, 0.3) is 10.2 Å². The number of carbonyl (C=O) groups is 3. The number of aryl methyl sites for hydroxylation is 1. The summed E-state index contributed by atoms with van der Waals surface area (Å²) >= 11 is 1.06. The molecule has 0 saturated heterocycles. The number of rotatable bonds is 5. The number of nitrogens with two attached hydrogens (primary N) is 1. The smallest absolute Gasteiger partial charge is 0.263 e. The molecule has 0 bridgehead atoms. The molecule has 2 amide bonds. The van der Waals surface area contributed by atoms with Gasteiger partial charge in [-0.3, -0.25) is 23.7 Å². The first-order chi connectivity index (χ1) is 13.2. The Morgan fingerprint density at radius 3 is 2.43 bits per heavy atom. The van der Waals surface area contributed by atoms with Gasteiger partial charge in [0.25, 0.3) is 11.5 Å². The van der Waals surface area contributed by atoms with Crippen LogP contribution in [0.4, 0.5) is 5.69 Å². The standard InChI is InChI=1S/C19H18N4O4S/c1-9-14-18(28-16(9)17(20)26)21-8-23(19(14)27)10(2)15(25)12-4-6-13(7-5-12)22-11(3)24/h4-8,10H,1-3H3,(H2,20,26)(H,22,24). The molecule has 9 heteroatoms. The predicted molar refractivity (Wildman–Crippen MR) is 107 cm³/mol. The molecule has 0 aliphatic carbocycles. The molecule has 1 aromatic carbocycles. The van der Waals surface area contributed by atoms with Crippen molar-refractivity contribution in [3.8, 4) is 0 Å². The number of Topliss-reactive ketones (excluding diaryl/α,β-unsaturated/α-hetero) is 1. The summed E-state index contributed by atoms with van der Waals surface area (Å²) in [7, 11) is 0. The number of carbonyl (C=O) groups excluding carboxylic acids is 3. The summed E-state index contributed by atoms with van der Waals surface area (Å²) in [5.74, 6) is -1.10. The molecule has 1 unspecified atom stereocenters. The van der Waals surface area contributed by atoms with E-state index in [2.05, 4.69) is 10.3 Å². The zero-order chi connectivity index (χ0) is 20.6. The molecule has 144 valence electrons. The molecule has 0 spiro atoms. The van der Waals surface area contributed by atoms with Crippen LogP contribution in [0.15, 0.2) is 35.4 Å². The average Bonchev–Trinajstić information content (AvgIpc) is 2.99. The Labute approximate surface area is 164 Å². The van der Waals surface area contributed by atoms with Crippen LogP contribution >= 0.6 is 11.3 Å². The maximum absolute atomic E-state index is 12.9. The van der Waals surface area contributed by atoms with E-state index in [1.54, 1.807) is 38.1 Å². The number of ketones is 1. The number of nitrogens with one attached hydrogen (secondary N) is 1. The van der Waals surface area contributed by atoms with Crippen LogP contribution in [0.2, 0.25) is 0 Å². The van der Waals surface area contributed by atoms with Crippen LogP contribution < -0.4 is 16.6 Å². The summed E-state index contributed by atoms with van der Waals surface area (Å²) in [5.41, 5.74) is 6.39. The van der Waals surface area contributed by atoms with Gasteiger partial charge in [-0.05, 0) is 43.7 Å². The van der Waals surface area contributed by atoms with Gasteiger partial charge in [-0.2, -0.15) is 0 Å². The van der Waals surface area contributed by atoms with Gasteiger partial charge in [0.1, 0.15) is 4.83 Å². The van der Waals surface area contributed by atoms with E-state index in [1.165, 1.54) is 17.8 Å². The molecule has 3 aromatic rings. The lowest BCUT2D eigenvalue weighted by molar-refractivity contribution is -0.114. The summed E-state index contributed by atoms with van der Waals surface area (Å²) in [6.07, 6.45) is 1.31. The van der Waals surface area contributed by atoms with E-state index in [9.17, 15) is 19.2 Å². The largest absolute Gasteiger partial charge is 0.365 e. The second kappa shape index (κ2) is 7.35. The Morgan fingerprint density at radius 1 is 1.21 bits per heavy atom. The number of fused-ring (bicyclic) bond motifs is 1. The predicted octanol–water partition coefficient (Wildman–Crippen LogP) is 2.27. The quantitative estimate of drug-likeness (QED) is 0.638. The van der Waals surface area contributed by atoms with Gasteiger partial charge in [0.05, 0.1) is 22.6 Å². The van der Waals surface area contributed by atoms with Crippen LogP contribution in [-0.4, -0.2) is 27.1 Å². The molecule has 2 heterocycles. The lowest BCUT2D eigenvalue weighted by Crippen LogP contribution is -2.28. The van der Waals surface area contributed by atoms with E-state index in [-0.39, 0.29) is 16.6 Å². The third-order valence-corrected chi connectivity index (χ3v) is 5.60. The highest BCUT2D eigenvalue weighted by Gasteiger charge is 2.22. The van der Waals surface area contributed by atoms with Crippen molar-refractivity contribution in [1.29, 1.82) is 0 Å². The van der Waals surface area contributed by atoms with Gasteiger partial charge < -0.3 is 11.1 Å². The summed E-state index contributed by atoms with van der Waals surface area (Å²) in [4.78, 5) is 53.3. The zero-order valence-corrected chi connectivity index (χ0v) is 16.3. The fraction of sp³-hybridized carbons (Fsp3) is 0.211. The van der Waals surface area contributed by atoms with Gasteiger partial charge in [0.2, 0.25) is 5.91 Å². The normalized spacial score (nSPS) is 12.0. The second-order valence-electron chi connectivity index (χ2n) is 6.36. The average molecular weight is 398 g/mol. The molecule has 8 nitrogen and oxygen atoms in total. The minimum atomic E-state index is -0.799. The number of amides is 2. The maximum Gasteiger partial charge on any atom is 0.263 e. The summed E-state index contributed by atoms with van der Waals surface area (Å²) in [5, 5.41) is 2.92. The third-order valence-electron chi connectivity index (χ3n) is 4.39. The molecule has 0 saturated carbocycles. The number of aromatic nitrogens is 2. The van der Waals surface area contributed by atoms with Gasteiger partial charge in [-0.25, -0.2) is 4.98 Å². The van der Waals surface area contributed by atoms with Gasteiger partial charge in [0.15, 0.2) is 5.78 Å². The van der Waals surface area contributed by atoms with Crippen LogP contribution in [0.5, 0.6) is 0 Å². The number of anilines is 1. The van der Waals surface area contributed by atoms with E-state index in [4.69, 9.17) is 5.73 Å². The summed E-state index contributed by atoms with van der Waals surface area (Å²) in [6.45, 7) is 4.64. The van der Waals surface area contributed by atoms with Crippen molar-refractivity contribution in [2.24, 2.45) is 5.73 Å². The minimum Gasteiger partial charge on any atom is -0.365 e. The number of nitrogens with zero attached hydrogens (tertiary/aromatic N) is 2. The Morgan fingerprint density at radius 2 is 1.86 bits per heavy atom. The van der Waals surface area contributed by atoms with Gasteiger partial charge in [0, 0.05) is 18.2 Å². The second-order valence-corrected chi connectivity index (χ2v) is 7.36. The zero-order valence-electron chi connectivity index (χ0n) is 15.5. The van der Waals surface area contributed by atoms with Gasteiger partial charge >= 0.3 is 0 Å². The monoisotopic (exact) mass is 398 g/mol. The fourth-order valence-corrected chi connectivity index (χ4v) is 3.93. The van der Waals surface area contributed by atoms with Crippen LogP contribution in [0.1, 0.15) is 45.5 Å². The van der Waals surface area contributed by atoms with Crippen molar-refractivity contribution in [2.45, 2.75) is 26.8 Å². The van der Waals surface area contributed by atoms with Crippen molar-refractivity contribution in [3.05, 3.63) is 57.0 Å². The number of thiophene rings is 1. The lowest BCUT2D eigenvalue weighted by Gasteiger charge is -2.14. The van der Waals surface area contributed by atoms with Crippen molar-refractivity contribution in [3.63, 3.8) is 0 Å². The number of hydrogen-bond donors (Lipinski definition) is 2. The van der Waals surface area contributed by atoms with E-state index in [1.807, 2.05) is 0 Å². The van der Waals surface area contributed by atoms with Crippen LogP contribution in [0, 0.1) is 6.92 Å². The number of hydrogen-bond acceptors (Lipinski definition) is 6. The Balaban J connectivity index is 1.97. The van der Waals surface area contributed by atoms with Crippen molar-refractivity contribution < 1.29 is 14.4 Å². The molecule has 3 N–H and O–H groups in total. The molecule has 0 aliphatic rings. The highest BCUT2D eigenvalue weighted by atomic mass is 32.1. The Bertz CT molecular complexity index is 1160. The molecular formula is C19H18N4O4S. The number of primary amides is 1. The van der Waals surface area contributed by atoms with Crippen molar-refractivity contribution in [1.82, 2.24) is 9.55 Å². The molecule has 1 atom stereocenters. The lowest BCUT2D eigenvalue weighted by atomic mass is 10.0. The summed E-state index contributed by atoms with van der Waals surface area (Å²) < 4.78 is 1.25. The topological polar surface area (TPSA) is 124 Å². The van der Waals surface area contributed by atoms with E-state index in [0.29, 0.717) is 27.0 Å². The molecular weight excluding hydrogens is 380 g/mol. The minimum absolute atomic E-state index is 0.208. The van der Waals surface area contributed by atoms with Gasteiger partial charge in [-0.1, -0.05) is 0 Å². The third kappa shape index (κ3) is 3.44. The van der Waals surface area contributed by atoms with Gasteiger partial charge in [-0.15, -0.1) is 11.3 Å². The SMILES string of the molecule is CC(=O)Nc1ccc(C(=O)C(C)n2cnc3sc(C(N)=O)c(C)c3c2=O)cc1. The Hall–Kier alpha value is -3.33. The molecule has 0 radical (unpaired) electrons. The fourth-order valence-electron chi connectivity index (χ4n) is 2.94. The first-order valence-electron chi connectivity index (χ1n) is 8.42. The van der Waals surface area contributed by atoms with E-state index in [0.717, 1.165) is 11.3 Å². The van der Waals surface area contributed by atoms with E-state index >= 15 is 0 Å². The highest BCUT2D eigenvalue weighted by Crippen LogP contribution is 2.27. The maximum atomic E-state index is 12.9. The molecule has 2 aromatic heterocycles. The first kappa shape index (κ1) is 19.4. The number of benzene rings is 1. The van der Waals surface area contributed by atoms with Crippen molar-refractivity contribution in [2.75, 3.05) is 5.32 Å². The van der Waals surface area contributed by atoms with Crippen molar-refractivity contribution >= 4 is 44.8 Å². The van der Waals surface area contributed by atoms with E-state index < -0.39 is 17.5 Å². The molecule has 3 rings (SSSR count).